The highest BCUT2D eigenvalue weighted by Crippen LogP contribution is 2.25. The summed E-state index contributed by atoms with van der Waals surface area (Å²) in [6.45, 7) is 4.73. The van der Waals surface area contributed by atoms with Crippen LogP contribution in [0.4, 0.5) is 5.69 Å². The van der Waals surface area contributed by atoms with Gasteiger partial charge >= 0.3 is 0 Å². The van der Waals surface area contributed by atoms with Gasteiger partial charge in [-0.1, -0.05) is 6.92 Å². The lowest BCUT2D eigenvalue weighted by Gasteiger charge is -2.16. The maximum Gasteiger partial charge on any atom is 0.270 e. The van der Waals surface area contributed by atoms with Crippen LogP contribution in [0.25, 0.3) is 0 Å². The quantitative estimate of drug-likeness (QED) is 0.579. The van der Waals surface area contributed by atoms with Crippen molar-refractivity contribution in [2.75, 3.05) is 13.6 Å². The number of nitrogens with zero attached hydrogens (tertiary/aromatic N) is 1. The molecule has 110 valence electrons. The average molecular weight is 281 g/mol. The fourth-order valence-corrected chi connectivity index (χ4v) is 1.64. The molecule has 1 amide bonds. The molecule has 1 rings (SSSR count). The highest BCUT2D eigenvalue weighted by molar-refractivity contribution is 5.80. The van der Waals surface area contributed by atoms with E-state index in [1.807, 2.05) is 6.92 Å². The van der Waals surface area contributed by atoms with Crippen LogP contribution in [0.1, 0.15) is 19.4 Å². The van der Waals surface area contributed by atoms with Crippen molar-refractivity contribution in [2.45, 2.75) is 26.5 Å². The summed E-state index contributed by atoms with van der Waals surface area (Å²) in [6.07, 6.45) is -0.665. The Balaban J connectivity index is 2.98. The molecule has 0 saturated heterocycles. The number of benzene rings is 1. The molecule has 1 atom stereocenters. The van der Waals surface area contributed by atoms with Crippen LogP contribution >= 0.6 is 0 Å². The van der Waals surface area contributed by atoms with Crippen molar-refractivity contribution in [2.24, 2.45) is 0 Å². The summed E-state index contributed by atoms with van der Waals surface area (Å²) in [5, 5.41) is 16.4. The summed E-state index contributed by atoms with van der Waals surface area (Å²) >= 11 is 0. The van der Waals surface area contributed by atoms with Crippen LogP contribution in [0.15, 0.2) is 18.2 Å². The van der Waals surface area contributed by atoms with Gasteiger partial charge in [0.1, 0.15) is 5.75 Å². The van der Waals surface area contributed by atoms with E-state index in [2.05, 4.69) is 10.6 Å². The van der Waals surface area contributed by atoms with Gasteiger partial charge in [0.05, 0.1) is 4.92 Å². The van der Waals surface area contributed by atoms with E-state index in [1.54, 1.807) is 6.92 Å². The molecule has 1 aromatic carbocycles. The Morgan fingerprint density at radius 1 is 1.50 bits per heavy atom. The maximum absolute atomic E-state index is 11.5. The van der Waals surface area contributed by atoms with Crippen LogP contribution in [0.5, 0.6) is 5.75 Å². The number of hydrogen-bond acceptors (Lipinski definition) is 5. The number of hydrogen-bond donors (Lipinski definition) is 2. The molecule has 0 aliphatic rings. The number of nitro benzene ring substituents is 1. The molecule has 2 N–H and O–H groups in total. The van der Waals surface area contributed by atoms with E-state index in [4.69, 9.17) is 4.74 Å². The maximum atomic E-state index is 11.5. The van der Waals surface area contributed by atoms with E-state index < -0.39 is 11.0 Å². The molecule has 7 heteroatoms. The fraction of sp³-hybridized carbons (Fsp3) is 0.462. The Morgan fingerprint density at radius 2 is 2.20 bits per heavy atom. The Hall–Kier alpha value is -2.15. The minimum absolute atomic E-state index is 0.00199. The van der Waals surface area contributed by atoms with Crippen LogP contribution in [0, 0.1) is 10.1 Å². The van der Waals surface area contributed by atoms with E-state index >= 15 is 0 Å². The lowest BCUT2D eigenvalue weighted by molar-refractivity contribution is -0.384. The first-order valence-corrected chi connectivity index (χ1v) is 6.35. The van der Waals surface area contributed by atoms with Crippen molar-refractivity contribution in [1.29, 1.82) is 0 Å². The number of carbonyl (C=O) groups is 1. The molecular weight excluding hydrogens is 262 g/mol. The van der Waals surface area contributed by atoms with E-state index in [0.29, 0.717) is 17.9 Å². The standard InChI is InChI=1S/C13H19N3O4/c1-4-15-8-10-7-11(16(18)19)5-6-12(10)20-9(2)13(17)14-3/h5-7,9,15H,4,8H2,1-3H3,(H,14,17). The zero-order valence-corrected chi connectivity index (χ0v) is 11.8. The Morgan fingerprint density at radius 3 is 2.75 bits per heavy atom. The molecule has 0 radical (unpaired) electrons. The van der Waals surface area contributed by atoms with E-state index in [-0.39, 0.29) is 11.6 Å². The molecular formula is C13H19N3O4. The summed E-state index contributed by atoms with van der Waals surface area (Å²) in [6, 6.07) is 4.33. The van der Waals surface area contributed by atoms with Crippen molar-refractivity contribution in [3.8, 4) is 5.75 Å². The summed E-state index contributed by atoms with van der Waals surface area (Å²) in [4.78, 5) is 21.8. The van der Waals surface area contributed by atoms with E-state index in [1.165, 1.54) is 25.2 Å². The molecule has 0 heterocycles. The minimum Gasteiger partial charge on any atom is -0.481 e. The molecule has 0 aliphatic carbocycles. The second-order valence-corrected chi connectivity index (χ2v) is 4.20. The number of carbonyl (C=O) groups excluding carboxylic acids is 1. The highest BCUT2D eigenvalue weighted by Gasteiger charge is 2.17. The highest BCUT2D eigenvalue weighted by atomic mass is 16.6. The molecule has 20 heavy (non-hydrogen) atoms. The number of nitro groups is 1. The first-order valence-electron chi connectivity index (χ1n) is 6.35. The first-order chi connectivity index (χ1) is 9.49. The number of non-ortho nitro benzene ring substituents is 1. The predicted molar refractivity (Wildman–Crippen MR) is 74.6 cm³/mol. The van der Waals surface area contributed by atoms with Crippen LogP contribution in [0.3, 0.4) is 0 Å². The number of nitrogens with one attached hydrogen (secondary N) is 2. The van der Waals surface area contributed by atoms with Crippen LogP contribution in [-0.2, 0) is 11.3 Å². The van der Waals surface area contributed by atoms with Gasteiger partial charge in [-0.15, -0.1) is 0 Å². The van der Waals surface area contributed by atoms with Crippen molar-refractivity contribution in [3.63, 3.8) is 0 Å². The van der Waals surface area contributed by atoms with Gasteiger partial charge < -0.3 is 15.4 Å². The van der Waals surface area contributed by atoms with Gasteiger partial charge in [0, 0.05) is 31.3 Å². The SMILES string of the molecule is CCNCc1cc([N+](=O)[O-])ccc1OC(C)C(=O)NC. The lowest BCUT2D eigenvalue weighted by atomic mass is 10.1. The van der Waals surface area contributed by atoms with Gasteiger partial charge in [0.15, 0.2) is 6.10 Å². The molecule has 0 spiro atoms. The molecule has 0 aliphatic heterocycles. The van der Waals surface area contributed by atoms with Crippen LogP contribution in [0.2, 0.25) is 0 Å². The van der Waals surface area contributed by atoms with Crippen molar-refractivity contribution < 1.29 is 14.5 Å². The molecule has 0 fully saturated rings. The zero-order valence-electron chi connectivity index (χ0n) is 11.8. The topological polar surface area (TPSA) is 93.5 Å². The summed E-state index contributed by atoms with van der Waals surface area (Å²) in [5.74, 6) is 0.213. The third-order valence-corrected chi connectivity index (χ3v) is 2.74. The van der Waals surface area contributed by atoms with Gasteiger partial charge in [-0.05, 0) is 19.5 Å². The second kappa shape index (κ2) is 7.44. The fourth-order valence-electron chi connectivity index (χ4n) is 1.64. The van der Waals surface area contributed by atoms with Crippen LogP contribution < -0.4 is 15.4 Å². The van der Waals surface area contributed by atoms with Crippen molar-refractivity contribution in [1.82, 2.24) is 10.6 Å². The van der Waals surface area contributed by atoms with Gasteiger partial charge in [0.2, 0.25) is 0 Å². The van der Waals surface area contributed by atoms with E-state index in [0.717, 1.165) is 6.54 Å². The van der Waals surface area contributed by atoms with Crippen LogP contribution in [-0.4, -0.2) is 30.5 Å². The second-order valence-electron chi connectivity index (χ2n) is 4.20. The first kappa shape index (κ1) is 15.9. The summed E-state index contributed by atoms with van der Waals surface area (Å²) in [5.41, 5.74) is 0.648. The number of likely N-dealkylation sites (N-methyl/N-ethyl adjacent to an activating group) is 1. The normalized spacial score (nSPS) is 11.8. The van der Waals surface area contributed by atoms with Gasteiger partial charge in [-0.3, -0.25) is 14.9 Å². The Kier molecular flexibility index (Phi) is 5.92. The number of amides is 1. The van der Waals surface area contributed by atoms with Gasteiger partial charge in [-0.25, -0.2) is 0 Å². The third kappa shape index (κ3) is 4.20. The minimum atomic E-state index is -0.665. The molecule has 7 nitrogen and oxygen atoms in total. The molecule has 0 bridgehead atoms. The smallest absolute Gasteiger partial charge is 0.270 e. The summed E-state index contributed by atoms with van der Waals surface area (Å²) < 4.78 is 5.56. The number of ether oxygens (including phenoxy) is 1. The summed E-state index contributed by atoms with van der Waals surface area (Å²) in [7, 11) is 1.53. The average Bonchev–Trinajstić information content (AvgIpc) is 2.44. The molecule has 1 aromatic rings. The van der Waals surface area contributed by atoms with Crippen molar-refractivity contribution in [3.05, 3.63) is 33.9 Å². The molecule has 0 aromatic heterocycles. The third-order valence-electron chi connectivity index (χ3n) is 2.74. The Bertz CT molecular complexity index is 491. The van der Waals surface area contributed by atoms with E-state index in [9.17, 15) is 14.9 Å². The van der Waals surface area contributed by atoms with Gasteiger partial charge in [-0.2, -0.15) is 0 Å². The predicted octanol–water partition coefficient (Wildman–Crippen LogP) is 1.22. The zero-order chi connectivity index (χ0) is 15.1. The molecule has 0 saturated carbocycles. The monoisotopic (exact) mass is 281 g/mol. The van der Waals surface area contributed by atoms with Gasteiger partial charge in [0.25, 0.3) is 11.6 Å². The molecule has 1 unspecified atom stereocenters. The largest absolute Gasteiger partial charge is 0.481 e. The Labute approximate surface area is 117 Å². The lowest BCUT2D eigenvalue weighted by Crippen LogP contribution is -2.34. The number of rotatable bonds is 7. The van der Waals surface area contributed by atoms with Crippen molar-refractivity contribution >= 4 is 11.6 Å².